The van der Waals surface area contributed by atoms with Crippen LogP contribution in [-0.4, -0.2) is 69.4 Å². The highest BCUT2D eigenvalue weighted by Gasteiger charge is 2.31. The van der Waals surface area contributed by atoms with Crippen LogP contribution in [0.1, 0.15) is 32.7 Å². The van der Waals surface area contributed by atoms with Crippen LogP contribution in [0.3, 0.4) is 0 Å². The third-order valence-corrected chi connectivity index (χ3v) is 7.47. The number of hydrogen-bond donors (Lipinski definition) is 2. The van der Waals surface area contributed by atoms with Crippen LogP contribution >= 0.6 is 0 Å². The Kier molecular flexibility index (Phi) is 9.18. The van der Waals surface area contributed by atoms with Crippen LogP contribution < -0.4 is 15.8 Å². The third kappa shape index (κ3) is 6.69. The van der Waals surface area contributed by atoms with Crippen molar-refractivity contribution in [1.82, 2.24) is 30.0 Å². The number of nitriles is 1. The monoisotopic (exact) mass is 598 g/mol. The first kappa shape index (κ1) is 30.6. The van der Waals surface area contributed by atoms with E-state index in [0.717, 1.165) is 0 Å². The van der Waals surface area contributed by atoms with E-state index in [1.54, 1.807) is 47.0 Å². The number of likely N-dealkylation sites (tertiary alicyclic amines) is 1. The van der Waals surface area contributed by atoms with Gasteiger partial charge in [0.2, 0.25) is 0 Å². The number of fused-ring (bicyclic) bond motifs is 1. The number of benzene rings is 2. The summed E-state index contributed by atoms with van der Waals surface area (Å²) >= 11 is 0. The average Bonchev–Trinajstić information content (AvgIpc) is 3.41. The molecule has 1 fully saturated rings. The molecule has 0 saturated carbocycles. The van der Waals surface area contributed by atoms with Gasteiger partial charge >= 0.3 is 0 Å². The maximum atomic E-state index is 15.6. The standard InChI is InChI=1S/C32H35FN8O3/c1-32(2,38-13-15-43-3)17-21(18-34)31(42)40-14-7-8-22(19-40)41-30-27(29(35)36-20-37-30)28(39-41)25-12-11-24(16-26(25)33)44-23-9-5-4-6-10-23/h4-6,9-12,16-17,20,22,38H,7-8,13-15,19H2,1-3H3,(H2,35,36,37)/t22-/m0/s1. The quantitative estimate of drug-likeness (QED) is 0.152. The number of para-hydroxylation sites is 1. The van der Waals surface area contributed by atoms with Crippen LogP contribution in [0.15, 0.2) is 66.5 Å². The molecular weight excluding hydrogens is 563 g/mol. The van der Waals surface area contributed by atoms with Gasteiger partial charge in [0, 0.05) is 43.9 Å². The fourth-order valence-electron chi connectivity index (χ4n) is 5.35. The van der Waals surface area contributed by atoms with Crippen molar-refractivity contribution >= 4 is 22.8 Å². The zero-order valence-corrected chi connectivity index (χ0v) is 25.0. The molecule has 2 aromatic heterocycles. The van der Waals surface area contributed by atoms with E-state index in [4.69, 9.17) is 20.3 Å². The van der Waals surface area contributed by atoms with E-state index < -0.39 is 11.4 Å². The van der Waals surface area contributed by atoms with E-state index in [2.05, 4.69) is 21.4 Å². The molecule has 3 heterocycles. The second kappa shape index (κ2) is 13.2. The number of hydrogen-bond acceptors (Lipinski definition) is 9. The lowest BCUT2D eigenvalue weighted by atomic mass is 9.99. The predicted molar refractivity (Wildman–Crippen MR) is 164 cm³/mol. The highest BCUT2D eigenvalue weighted by molar-refractivity contribution is 5.99. The summed E-state index contributed by atoms with van der Waals surface area (Å²) < 4.78 is 28.1. The van der Waals surface area contributed by atoms with Crippen molar-refractivity contribution in [2.45, 2.75) is 38.3 Å². The molecule has 11 nitrogen and oxygen atoms in total. The Hall–Kier alpha value is -4.86. The number of ether oxygens (including phenoxy) is 2. The molecule has 12 heteroatoms. The fraction of sp³-hybridized carbons (Fsp3) is 0.344. The number of nitrogen functional groups attached to an aromatic ring is 1. The molecule has 1 amide bonds. The molecule has 1 aliphatic heterocycles. The first-order valence-electron chi connectivity index (χ1n) is 14.4. The van der Waals surface area contributed by atoms with E-state index in [-0.39, 0.29) is 28.9 Å². The van der Waals surface area contributed by atoms with Gasteiger partial charge in [0.05, 0.1) is 18.0 Å². The van der Waals surface area contributed by atoms with Crippen molar-refractivity contribution in [2.24, 2.45) is 0 Å². The van der Waals surface area contributed by atoms with Crippen molar-refractivity contribution in [2.75, 3.05) is 39.1 Å². The Bertz CT molecular complexity index is 1710. The highest BCUT2D eigenvalue weighted by atomic mass is 19.1. The summed E-state index contributed by atoms with van der Waals surface area (Å²) in [7, 11) is 1.61. The van der Waals surface area contributed by atoms with Gasteiger partial charge in [0.15, 0.2) is 5.65 Å². The van der Waals surface area contributed by atoms with E-state index in [1.807, 2.05) is 32.0 Å². The Morgan fingerprint density at radius 1 is 1.23 bits per heavy atom. The van der Waals surface area contributed by atoms with Crippen LogP contribution in [0.2, 0.25) is 0 Å². The number of nitrogens with one attached hydrogen (secondary N) is 1. The Labute approximate surface area is 255 Å². The molecular formula is C32H35FN8O3. The molecule has 0 bridgehead atoms. The van der Waals surface area contributed by atoms with E-state index in [1.165, 1.54) is 12.4 Å². The van der Waals surface area contributed by atoms with Crippen LogP contribution in [0, 0.1) is 17.1 Å². The molecule has 1 saturated heterocycles. The van der Waals surface area contributed by atoms with Gasteiger partial charge in [-0.25, -0.2) is 19.0 Å². The summed E-state index contributed by atoms with van der Waals surface area (Å²) in [4.78, 5) is 23.8. The molecule has 2 aromatic carbocycles. The number of piperidine rings is 1. The first-order valence-corrected chi connectivity index (χ1v) is 14.4. The number of carbonyl (C=O) groups is 1. The van der Waals surface area contributed by atoms with Crippen LogP contribution in [0.25, 0.3) is 22.3 Å². The van der Waals surface area contributed by atoms with Crippen molar-refractivity contribution in [3.8, 4) is 28.8 Å². The van der Waals surface area contributed by atoms with E-state index in [9.17, 15) is 10.1 Å². The Morgan fingerprint density at radius 3 is 2.75 bits per heavy atom. The average molecular weight is 599 g/mol. The lowest BCUT2D eigenvalue weighted by molar-refractivity contribution is -0.128. The smallest absolute Gasteiger partial charge is 0.264 e. The maximum Gasteiger partial charge on any atom is 0.264 e. The topological polar surface area (TPSA) is 144 Å². The van der Waals surface area contributed by atoms with Gasteiger partial charge in [0.1, 0.15) is 46.8 Å². The van der Waals surface area contributed by atoms with Crippen LogP contribution in [-0.2, 0) is 9.53 Å². The largest absolute Gasteiger partial charge is 0.457 e. The molecule has 4 aromatic rings. The van der Waals surface area contributed by atoms with Crippen molar-refractivity contribution in [3.63, 3.8) is 0 Å². The molecule has 3 N–H and O–H groups in total. The van der Waals surface area contributed by atoms with Gasteiger partial charge in [-0.2, -0.15) is 10.4 Å². The molecule has 5 rings (SSSR count). The molecule has 0 unspecified atom stereocenters. The molecule has 1 aliphatic rings. The summed E-state index contributed by atoms with van der Waals surface area (Å²) in [5, 5.41) is 18.4. The lowest BCUT2D eigenvalue weighted by Crippen LogP contribution is -2.43. The summed E-state index contributed by atoms with van der Waals surface area (Å²) in [6.07, 6.45) is 4.37. The van der Waals surface area contributed by atoms with Gasteiger partial charge in [-0.1, -0.05) is 18.2 Å². The molecule has 0 radical (unpaired) electrons. The molecule has 44 heavy (non-hydrogen) atoms. The van der Waals surface area contributed by atoms with Crippen LogP contribution in [0.4, 0.5) is 10.2 Å². The molecule has 228 valence electrons. The Balaban J connectivity index is 1.43. The van der Waals surface area contributed by atoms with Gasteiger partial charge in [-0.15, -0.1) is 0 Å². The van der Waals surface area contributed by atoms with Gasteiger partial charge < -0.3 is 25.4 Å². The molecule has 0 aliphatic carbocycles. The number of methoxy groups -OCH3 is 1. The first-order chi connectivity index (χ1) is 21.2. The van der Waals surface area contributed by atoms with Crippen molar-refractivity contribution in [1.29, 1.82) is 5.26 Å². The normalized spacial score (nSPS) is 15.8. The number of aromatic nitrogens is 4. The number of nitrogens with zero attached hydrogens (tertiary/aromatic N) is 6. The number of amides is 1. The van der Waals surface area contributed by atoms with Crippen molar-refractivity contribution in [3.05, 3.63) is 72.3 Å². The van der Waals surface area contributed by atoms with Gasteiger partial charge in [0.25, 0.3) is 5.91 Å². The zero-order valence-electron chi connectivity index (χ0n) is 25.0. The number of nitrogens with two attached hydrogens (primary N) is 1. The second-order valence-corrected chi connectivity index (χ2v) is 11.2. The molecule has 1 atom stereocenters. The fourth-order valence-corrected chi connectivity index (χ4v) is 5.35. The number of anilines is 1. The van der Waals surface area contributed by atoms with Crippen LogP contribution in [0.5, 0.6) is 11.5 Å². The zero-order chi connectivity index (χ0) is 31.3. The number of halogens is 1. The Morgan fingerprint density at radius 2 is 2.02 bits per heavy atom. The summed E-state index contributed by atoms with van der Waals surface area (Å²) in [6, 6.07) is 15.5. The summed E-state index contributed by atoms with van der Waals surface area (Å²) in [5.41, 5.74) is 6.70. The minimum absolute atomic E-state index is 0.0537. The summed E-state index contributed by atoms with van der Waals surface area (Å²) in [6.45, 7) is 5.65. The SMILES string of the molecule is COCCNC(C)(C)C=C(C#N)C(=O)N1CCC[C@H](n2nc(-c3ccc(Oc4ccccc4)cc3F)c3c(N)ncnc32)C1. The number of rotatable bonds is 10. The summed E-state index contributed by atoms with van der Waals surface area (Å²) in [5.74, 6) is 0.194. The predicted octanol–water partition coefficient (Wildman–Crippen LogP) is 4.63. The molecule has 0 spiro atoms. The van der Waals surface area contributed by atoms with Gasteiger partial charge in [-0.05, 0) is 57.0 Å². The van der Waals surface area contributed by atoms with E-state index >= 15 is 4.39 Å². The number of carbonyl (C=O) groups excluding carboxylic acids is 1. The minimum atomic E-state index is -0.596. The maximum absolute atomic E-state index is 15.6. The van der Waals surface area contributed by atoms with Crippen molar-refractivity contribution < 1.29 is 18.7 Å². The lowest BCUT2D eigenvalue weighted by Gasteiger charge is -2.33. The third-order valence-electron chi connectivity index (χ3n) is 7.47. The van der Waals surface area contributed by atoms with Gasteiger partial charge in [-0.3, -0.25) is 4.79 Å². The van der Waals surface area contributed by atoms with E-state index in [0.29, 0.717) is 67.3 Å². The minimum Gasteiger partial charge on any atom is -0.457 e. The highest BCUT2D eigenvalue weighted by Crippen LogP contribution is 2.36. The second-order valence-electron chi connectivity index (χ2n) is 11.2.